The van der Waals surface area contributed by atoms with Gasteiger partial charge in [-0.05, 0) is 43.1 Å². The smallest absolute Gasteiger partial charge is 0.112 e. The van der Waals surface area contributed by atoms with Crippen LogP contribution in [0.5, 0.6) is 0 Å². The summed E-state index contributed by atoms with van der Waals surface area (Å²) in [4.78, 5) is 14.8. The van der Waals surface area contributed by atoms with Gasteiger partial charge in [0.15, 0.2) is 0 Å². The Hall–Kier alpha value is -2.20. The summed E-state index contributed by atoms with van der Waals surface area (Å²) in [7, 11) is 0. The molecule has 0 saturated carbocycles. The van der Waals surface area contributed by atoms with E-state index in [-0.39, 0.29) is 0 Å². The lowest BCUT2D eigenvalue weighted by molar-refractivity contribution is 0.142. The maximum absolute atomic E-state index is 4.71. The fourth-order valence-corrected chi connectivity index (χ4v) is 3.14. The van der Waals surface area contributed by atoms with Gasteiger partial charge in [0, 0.05) is 31.4 Å². The highest BCUT2D eigenvalue weighted by Crippen LogP contribution is 2.26. The van der Waals surface area contributed by atoms with E-state index in [2.05, 4.69) is 39.1 Å². The van der Waals surface area contributed by atoms with Gasteiger partial charge in [0.05, 0.1) is 11.0 Å². The quantitative estimate of drug-likeness (QED) is 0.786. The molecule has 1 aliphatic heterocycles. The molecule has 0 unspecified atom stereocenters. The molecule has 0 amide bonds. The number of fused-ring (bicyclic) bond motifs is 1. The number of rotatable bonds is 5. The minimum absolute atomic E-state index is 0.561. The number of aromatic nitrogens is 3. The van der Waals surface area contributed by atoms with Crippen LogP contribution in [0.2, 0.25) is 0 Å². The lowest BCUT2D eigenvalue weighted by Gasteiger charge is -2.38. The second kappa shape index (κ2) is 5.89. The summed E-state index contributed by atoms with van der Waals surface area (Å²) >= 11 is 0. The fourth-order valence-electron chi connectivity index (χ4n) is 3.14. The van der Waals surface area contributed by atoms with Crippen LogP contribution in [-0.2, 0) is 6.42 Å². The number of hydrogen-bond donors (Lipinski definition) is 1. The molecule has 4 rings (SSSR count). The zero-order valence-electron chi connectivity index (χ0n) is 12.6. The van der Waals surface area contributed by atoms with Crippen molar-refractivity contribution in [2.75, 3.05) is 19.6 Å². The summed E-state index contributed by atoms with van der Waals surface area (Å²) in [5, 5.41) is 0. The van der Waals surface area contributed by atoms with Crippen molar-refractivity contribution in [3.63, 3.8) is 0 Å². The first-order valence-electron chi connectivity index (χ1n) is 7.94. The fraction of sp³-hybridized carbons (Fsp3) is 0.333. The highest BCUT2D eigenvalue weighted by atomic mass is 15.2. The van der Waals surface area contributed by atoms with Crippen molar-refractivity contribution in [1.29, 1.82) is 0 Å². The summed E-state index contributed by atoms with van der Waals surface area (Å²) in [5.74, 6) is 1.70. The number of nitrogens with one attached hydrogen (secondary N) is 1. The molecule has 22 heavy (non-hydrogen) atoms. The number of likely N-dealkylation sites (tertiary alicyclic amines) is 1. The van der Waals surface area contributed by atoms with Crippen molar-refractivity contribution < 1.29 is 0 Å². The molecule has 1 saturated heterocycles. The number of aryl methyl sites for hydroxylation is 1. The van der Waals surface area contributed by atoms with Crippen molar-refractivity contribution in [2.45, 2.75) is 18.8 Å². The largest absolute Gasteiger partial charge is 0.342 e. The topological polar surface area (TPSA) is 44.8 Å². The van der Waals surface area contributed by atoms with Crippen molar-refractivity contribution in [1.82, 2.24) is 19.9 Å². The van der Waals surface area contributed by atoms with E-state index >= 15 is 0 Å². The highest BCUT2D eigenvalue weighted by molar-refractivity contribution is 5.74. The zero-order valence-corrected chi connectivity index (χ0v) is 12.6. The Balaban J connectivity index is 1.27. The molecule has 0 atom stereocenters. The average molecular weight is 292 g/mol. The van der Waals surface area contributed by atoms with Crippen molar-refractivity contribution >= 4 is 11.0 Å². The molecule has 0 radical (unpaired) electrons. The molecule has 4 nitrogen and oxygen atoms in total. The van der Waals surface area contributed by atoms with Gasteiger partial charge in [-0.2, -0.15) is 0 Å². The standard InChI is InChI=1S/C18H20N4/c1-2-8-17-16(7-1)20-18(21-17)15-12-22(13-15)10-4-6-14-5-3-9-19-11-14/h1-3,5,7-9,11,15H,4,6,10,12-13H2,(H,20,21). The SMILES string of the molecule is c1cncc(CCCN2CC(c3nc4ccccc4[nH]3)C2)c1. The van der Waals surface area contributed by atoms with Gasteiger partial charge in [0.25, 0.3) is 0 Å². The molecule has 1 N–H and O–H groups in total. The van der Waals surface area contributed by atoms with Crippen LogP contribution < -0.4 is 0 Å². The summed E-state index contributed by atoms with van der Waals surface area (Å²) in [5.41, 5.74) is 3.55. The van der Waals surface area contributed by atoms with Gasteiger partial charge in [0.2, 0.25) is 0 Å². The van der Waals surface area contributed by atoms with E-state index in [0.29, 0.717) is 5.92 Å². The number of hydrogen-bond acceptors (Lipinski definition) is 3. The zero-order chi connectivity index (χ0) is 14.8. The lowest BCUT2D eigenvalue weighted by atomic mass is 9.99. The molecule has 2 aromatic heterocycles. The number of nitrogens with zero attached hydrogens (tertiary/aromatic N) is 3. The van der Waals surface area contributed by atoms with Gasteiger partial charge in [0.1, 0.15) is 5.82 Å². The Morgan fingerprint density at radius 2 is 2.05 bits per heavy atom. The van der Waals surface area contributed by atoms with Crippen LogP contribution in [0.4, 0.5) is 0 Å². The third kappa shape index (κ3) is 2.74. The molecule has 112 valence electrons. The van der Waals surface area contributed by atoms with Crippen molar-refractivity contribution in [3.8, 4) is 0 Å². The van der Waals surface area contributed by atoms with Gasteiger partial charge in [-0.3, -0.25) is 4.98 Å². The van der Waals surface area contributed by atoms with Crippen LogP contribution in [-0.4, -0.2) is 39.5 Å². The molecule has 3 aromatic rings. The van der Waals surface area contributed by atoms with Gasteiger partial charge in [-0.1, -0.05) is 18.2 Å². The van der Waals surface area contributed by atoms with E-state index in [4.69, 9.17) is 4.98 Å². The van der Waals surface area contributed by atoms with Crippen LogP contribution in [0.25, 0.3) is 11.0 Å². The molecule has 1 aromatic carbocycles. The van der Waals surface area contributed by atoms with E-state index in [1.807, 2.05) is 24.5 Å². The molecule has 4 heteroatoms. The number of para-hydroxylation sites is 2. The Kier molecular flexibility index (Phi) is 3.60. The van der Waals surface area contributed by atoms with E-state index < -0.39 is 0 Å². The van der Waals surface area contributed by atoms with Gasteiger partial charge in [-0.15, -0.1) is 0 Å². The van der Waals surface area contributed by atoms with Crippen LogP contribution in [0.1, 0.15) is 23.7 Å². The summed E-state index contributed by atoms with van der Waals surface area (Å²) in [6, 6.07) is 12.4. The Bertz CT molecular complexity index is 711. The first-order valence-corrected chi connectivity index (χ1v) is 7.94. The second-order valence-corrected chi connectivity index (χ2v) is 6.06. The predicted octanol–water partition coefficient (Wildman–Crippen LogP) is 2.99. The number of imidazole rings is 1. The number of pyridine rings is 1. The summed E-state index contributed by atoms with van der Waals surface area (Å²) < 4.78 is 0. The molecule has 0 bridgehead atoms. The first kappa shape index (κ1) is 13.5. The average Bonchev–Trinajstić information content (AvgIpc) is 2.94. The minimum atomic E-state index is 0.561. The van der Waals surface area contributed by atoms with E-state index in [1.54, 1.807) is 0 Å². The first-order chi connectivity index (χ1) is 10.9. The molecular weight excluding hydrogens is 272 g/mol. The molecular formula is C18H20N4. The van der Waals surface area contributed by atoms with E-state index in [9.17, 15) is 0 Å². The van der Waals surface area contributed by atoms with Crippen LogP contribution in [0.15, 0.2) is 48.8 Å². The molecule has 0 spiro atoms. The Morgan fingerprint density at radius 3 is 2.86 bits per heavy atom. The highest BCUT2D eigenvalue weighted by Gasteiger charge is 2.29. The Labute approximate surface area is 130 Å². The molecule has 1 fully saturated rings. The Morgan fingerprint density at radius 1 is 1.14 bits per heavy atom. The second-order valence-electron chi connectivity index (χ2n) is 6.06. The summed E-state index contributed by atoms with van der Waals surface area (Å²) in [6.07, 6.45) is 6.10. The monoisotopic (exact) mass is 292 g/mol. The van der Waals surface area contributed by atoms with Gasteiger partial charge in [-0.25, -0.2) is 4.98 Å². The molecule has 0 aliphatic carbocycles. The molecule has 3 heterocycles. The summed E-state index contributed by atoms with van der Waals surface area (Å²) in [6.45, 7) is 3.39. The third-order valence-electron chi connectivity index (χ3n) is 4.41. The maximum Gasteiger partial charge on any atom is 0.112 e. The third-order valence-corrected chi connectivity index (χ3v) is 4.41. The van der Waals surface area contributed by atoms with Crippen molar-refractivity contribution in [2.24, 2.45) is 0 Å². The maximum atomic E-state index is 4.71. The van der Waals surface area contributed by atoms with Crippen LogP contribution in [0.3, 0.4) is 0 Å². The van der Waals surface area contributed by atoms with E-state index in [1.165, 1.54) is 12.0 Å². The van der Waals surface area contributed by atoms with Gasteiger partial charge < -0.3 is 9.88 Å². The molecule has 1 aliphatic rings. The van der Waals surface area contributed by atoms with Crippen LogP contribution >= 0.6 is 0 Å². The number of aromatic amines is 1. The minimum Gasteiger partial charge on any atom is -0.342 e. The number of benzene rings is 1. The van der Waals surface area contributed by atoms with Crippen LogP contribution in [0, 0.1) is 0 Å². The van der Waals surface area contributed by atoms with Gasteiger partial charge >= 0.3 is 0 Å². The number of H-pyrrole nitrogens is 1. The normalized spacial score (nSPS) is 16.0. The predicted molar refractivity (Wildman–Crippen MR) is 87.8 cm³/mol. The lowest BCUT2D eigenvalue weighted by Crippen LogP contribution is -2.45. The van der Waals surface area contributed by atoms with Crippen molar-refractivity contribution in [3.05, 3.63) is 60.2 Å². The van der Waals surface area contributed by atoms with E-state index in [0.717, 1.165) is 42.9 Å².